The third-order valence-electron chi connectivity index (χ3n) is 5.83. The molecule has 0 aromatic rings. The number of fused-ring (bicyclic) bond motifs is 3. The summed E-state index contributed by atoms with van der Waals surface area (Å²) in [5, 5.41) is -0.751. The Morgan fingerprint density at radius 1 is 1.10 bits per heavy atom. The molecule has 21 heavy (non-hydrogen) atoms. The molecule has 3 fully saturated rings. The summed E-state index contributed by atoms with van der Waals surface area (Å²) in [6.07, 6.45) is 9.74. The normalized spacial score (nSPS) is 44.1. The zero-order valence-corrected chi connectivity index (χ0v) is 15.6. The summed E-state index contributed by atoms with van der Waals surface area (Å²) in [5.74, 6) is 1.20. The van der Waals surface area contributed by atoms with Gasteiger partial charge in [0.1, 0.15) is 7.58 Å². The maximum atomic E-state index is 13.9. The van der Waals surface area contributed by atoms with Crippen molar-refractivity contribution in [3.63, 3.8) is 0 Å². The fourth-order valence-corrected chi connectivity index (χ4v) is 9.52. The molecule has 5 unspecified atom stereocenters. The highest BCUT2D eigenvalue weighted by Crippen LogP contribution is 2.72. The molecular weight excluding hydrogens is 322 g/mol. The molecule has 2 saturated carbocycles. The van der Waals surface area contributed by atoms with Crippen LogP contribution in [-0.4, -0.2) is 17.1 Å². The molecule has 1 heterocycles. The molecule has 2 aliphatic carbocycles. The lowest BCUT2D eigenvalue weighted by Crippen LogP contribution is -2.48. The number of hydrogen-bond donors (Lipinski definition) is 0. The Morgan fingerprint density at radius 3 is 2.43 bits per heavy atom. The van der Waals surface area contributed by atoms with Gasteiger partial charge in [0, 0.05) is 5.66 Å². The van der Waals surface area contributed by atoms with E-state index in [9.17, 15) is 4.57 Å². The van der Waals surface area contributed by atoms with Crippen LogP contribution in [0, 0.1) is 11.8 Å². The van der Waals surface area contributed by atoms with Crippen LogP contribution in [0.3, 0.4) is 0 Å². The van der Waals surface area contributed by atoms with E-state index in [0.29, 0.717) is 19.4 Å². The second-order valence-corrected chi connectivity index (χ2v) is 11.2. The molecule has 0 N–H and O–H groups in total. The van der Waals surface area contributed by atoms with E-state index in [4.69, 9.17) is 20.9 Å². The van der Waals surface area contributed by atoms with Gasteiger partial charge in [-0.05, 0) is 63.2 Å². The highest BCUT2D eigenvalue weighted by atomic mass is 32.4. The van der Waals surface area contributed by atoms with E-state index in [1.165, 1.54) is 38.5 Å². The molecule has 0 radical (unpaired) electrons. The Kier molecular flexibility index (Phi) is 4.95. The van der Waals surface area contributed by atoms with E-state index < -0.39 is 12.7 Å². The van der Waals surface area contributed by atoms with E-state index in [0.717, 1.165) is 12.8 Å². The fraction of sp³-hybridized carbons (Fsp3) is 1.00. The Labute approximate surface area is 134 Å². The first-order chi connectivity index (χ1) is 9.99. The molecule has 0 bridgehead atoms. The molecule has 0 amide bonds. The molecule has 1 saturated heterocycles. The minimum atomic E-state index is -2.85. The van der Waals surface area contributed by atoms with Gasteiger partial charge < -0.3 is 9.05 Å². The maximum absolute atomic E-state index is 13.9. The number of rotatable bonds is 3. The van der Waals surface area contributed by atoms with Gasteiger partial charge in [0.05, 0.1) is 6.10 Å². The minimum Gasteiger partial charge on any atom is -0.323 e. The fourth-order valence-electron chi connectivity index (χ4n) is 4.76. The Balaban J connectivity index is 1.95. The summed E-state index contributed by atoms with van der Waals surface area (Å²) in [5.41, 5.74) is 0.192. The van der Waals surface area contributed by atoms with Crippen LogP contribution >= 0.6 is 15.0 Å². The van der Waals surface area contributed by atoms with E-state index in [1.54, 1.807) is 0 Å². The molecule has 1 aliphatic heterocycles. The van der Waals surface area contributed by atoms with Gasteiger partial charge in [-0.1, -0.05) is 25.7 Å². The predicted molar refractivity (Wildman–Crippen MR) is 89.6 cm³/mol. The Morgan fingerprint density at radius 2 is 1.71 bits per heavy atom. The van der Waals surface area contributed by atoms with Crippen molar-refractivity contribution in [2.24, 2.45) is 11.8 Å². The standard InChI is InChI=1S/C15H26O3P2S/c1-15(2,18-19-21)20(16)14-10-6-4-8-12(14)11-7-3-5-9-13(11)17-20/h11-14H,3-10H2,1-2H3. The summed E-state index contributed by atoms with van der Waals surface area (Å²) in [6.45, 7) is 3.84. The third-order valence-corrected chi connectivity index (χ3v) is 10.4. The van der Waals surface area contributed by atoms with Gasteiger partial charge in [-0.15, -0.1) is 0 Å². The molecule has 3 aliphatic rings. The third kappa shape index (κ3) is 2.81. The highest BCUT2D eigenvalue weighted by molar-refractivity contribution is 7.94. The van der Waals surface area contributed by atoms with Crippen LogP contribution in [-0.2, 0) is 25.4 Å². The smallest absolute Gasteiger partial charge is 0.237 e. The van der Waals surface area contributed by atoms with Crippen LogP contribution < -0.4 is 0 Å². The van der Waals surface area contributed by atoms with Gasteiger partial charge in [-0.3, -0.25) is 4.57 Å². The van der Waals surface area contributed by atoms with Crippen molar-refractivity contribution in [3.8, 4) is 0 Å². The average molecular weight is 348 g/mol. The average Bonchev–Trinajstić information content (AvgIpc) is 2.47. The zero-order chi connectivity index (χ0) is 15.1. The van der Waals surface area contributed by atoms with E-state index in [2.05, 4.69) is 0 Å². The second kappa shape index (κ2) is 6.29. The topological polar surface area (TPSA) is 35.5 Å². The second-order valence-electron chi connectivity index (χ2n) is 7.32. The molecule has 120 valence electrons. The largest absolute Gasteiger partial charge is 0.323 e. The molecule has 5 atom stereocenters. The van der Waals surface area contributed by atoms with Crippen LogP contribution in [0.4, 0.5) is 0 Å². The van der Waals surface area contributed by atoms with Crippen LogP contribution in [0.1, 0.15) is 65.2 Å². The van der Waals surface area contributed by atoms with Crippen molar-refractivity contribution in [2.45, 2.75) is 82.3 Å². The van der Waals surface area contributed by atoms with E-state index >= 15 is 0 Å². The van der Waals surface area contributed by atoms with E-state index in [1.807, 2.05) is 13.8 Å². The van der Waals surface area contributed by atoms with Gasteiger partial charge in [-0.2, -0.15) is 0 Å². The maximum Gasteiger partial charge on any atom is 0.237 e. The van der Waals surface area contributed by atoms with Crippen molar-refractivity contribution in [3.05, 3.63) is 0 Å². The molecule has 3 nitrogen and oxygen atoms in total. The first kappa shape index (κ1) is 16.5. The van der Waals surface area contributed by atoms with Crippen LogP contribution in [0.5, 0.6) is 0 Å². The predicted octanol–water partition coefficient (Wildman–Crippen LogP) is 5.49. The molecule has 0 aromatic heterocycles. The van der Waals surface area contributed by atoms with Crippen LogP contribution in [0.15, 0.2) is 0 Å². The van der Waals surface area contributed by atoms with E-state index in [-0.39, 0.29) is 11.8 Å². The summed E-state index contributed by atoms with van der Waals surface area (Å²) in [6, 6.07) is 0. The molecule has 3 rings (SSSR count). The Hall–Kier alpha value is 0.670. The number of hydrogen-bond acceptors (Lipinski definition) is 4. The minimum absolute atomic E-state index is 0.189. The first-order valence-electron chi connectivity index (χ1n) is 8.28. The van der Waals surface area contributed by atoms with Gasteiger partial charge in [0.15, 0.2) is 5.34 Å². The lowest BCUT2D eigenvalue weighted by molar-refractivity contribution is 0.00376. The lowest BCUT2D eigenvalue weighted by Gasteiger charge is -2.53. The summed E-state index contributed by atoms with van der Waals surface area (Å²) < 4.78 is 25.9. The molecular formula is C15H26O3P2S. The van der Waals surface area contributed by atoms with Crippen molar-refractivity contribution in [1.82, 2.24) is 0 Å². The SMILES string of the molecule is CC(C)(OP=S)P1(=O)OC2CCCCC2C2CCCCC21. The quantitative estimate of drug-likeness (QED) is 0.632. The van der Waals surface area contributed by atoms with Crippen molar-refractivity contribution in [1.29, 1.82) is 0 Å². The summed E-state index contributed by atoms with van der Waals surface area (Å²) in [7, 11) is -2.43. The molecule has 0 spiro atoms. The van der Waals surface area contributed by atoms with Crippen LogP contribution in [0.2, 0.25) is 0 Å². The summed E-state index contributed by atoms with van der Waals surface area (Å²) >= 11 is 4.95. The van der Waals surface area contributed by atoms with Crippen molar-refractivity contribution >= 4 is 26.8 Å². The molecule has 6 heteroatoms. The summed E-state index contributed by atoms with van der Waals surface area (Å²) in [4.78, 5) is 0. The zero-order valence-electron chi connectivity index (χ0n) is 13.0. The highest BCUT2D eigenvalue weighted by Gasteiger charge is 2.59. The van der Waals surface area contributed by atoms with Crippen molar-refractivity contribution < 1.29 is 13.6 Å². The molecule has 0 aromatic carbocycles. The van der Waals surface area contributed by atoms with Gasteiger partial charge in [0.25, 0.3) is 0 Å². The van der Waals surface area contributed by atoms with Crippen molar-refractivity contribution in [2.75, 3.05) is 0 Å². The van der Waals surface area contributed by atoms with Crippen LogP contribution in [0.25, 0.3) is 0 Å². The lowest BCUT2D eigenvalue weighted by atomic mass is 9.71. The first-order valence-corrected chi connectivity index (χ1v) is 11.8. The van der Waals surface area contributed by atoms with Gasteiger partial charge >= 0.3 is 0 Å². The monoisotopic (exact) mass is 348 g/mol. The Bertz CT molecular complexity index is 454. The van der Waals surface area contributed by atoms with Gasteiger partial charge in [-0.25, -0.2) is 0 Å². The van der Waals surface area contributed by atoms with Gasteiger partial charge in [0.2, 0.25) is 7.37 Å².